The lowest BCUT2D eigenvalue weighted by molar-refractivity contribution is 1.31. The van der Waals surface area contributed by atoms with Gasteiger partial charge in [-0.2, -0.15) is 5.26 Å². The maximum atomic E-state index is 8.63. The second-order valence-corrected chi connectivity index (χ2v) is 2.72. The van der Waals surface area contributed by atoms with E-state index in [2.05, 4.69) is 9.97 Å². The molecule has 3 nitrogen and oxygen atoms in total. The Kier molecular flexibility index (Phi) is 1.49. The summed E-state index contributed by atoms with van der Waals surface area (Å²) >= 11 is 5.90. The van der Waals surface area contributed by atoms with E-state index in [0.717, 1.165) is 5.39 Å². The highest BCUT2D eigenvalue weighted by atomic mass is 35.5. The molecule has 0 amide bonds. The Morgan fingerprint density at radius 2 is 2.42 bits per heavy atom. The molecule has 58 valence electrons. The van der Waals surface area contributed by atoms with Crippen molar-refractivity contribution < 1.29 is 0 Å². The van der Waals surface area contributed by atoms with E-state index in [9.17, 15) is 0 Å². The molecule has 0 aliphatic rings. The van der Waals surface area contributed by atoms with Crippen LogP contribution in [0.5, 0.6) is 0 Å². The minimum atomic E-state index is 0.406. The number of halogens is 1. The predicted molar refractivity (Wildman–Crippen MR) is 45.8 cm³/mol. The maximum absolute atomic E-state index is 8.63. The number of hydrogen-bond acceptors (Lipinski definition) is 2. The third kappa shape index (κ3) is 0.858. The molecule has 0 bridgehead atoms. The average Bonchev–Trinajstić information content (AvgIpc) is 2.53. The van der Waals surface area contributed by atoms with E-state index in [4.69, 9.17) is 16.9 Å². The Morgan fingerprint density at radius 3 is 3.17 bits per heavy atom. The number of fused-ring (bicyclic) bond motifs is 1. The fraction of sp³-hybridized carbons (Fsp3) is 0. The minimum Gasteiger partial charge on any atom is -0.346 e. The molecule has 0 saturated carbocycles. The summed E-state index contributed by atoms with van der Waals surface area (Å²) in [5.74, 6) is 0. The molecule has 2 aromatic rings. The van der Waals surface area contributed by atoms with Crippen LogP contribution in [0.15, 0.2) is 18.5 Å². The van der Waals surface area contributed by atoms with Crippen LogP contribution < -0.4 is 0 Å². The smallest absolute Gasteiger partial charge is 0.138 e. The van der Waals surface area contributed by atoms with Crippen LogP contribution in [0.25, 0.3) is 11.0 Å². The standard InChI is InChI=1S/C8H4ClN3/c9-7-5(3-10)4-12-8-6(7)1-2-11-8/h1-2,4H,(H,11,12). The van der Waals surface area contributed by atoms with Gasteiger partial charge in [0.1, 0.15) is 11.7 Å². The molecule has 0 radical (unpaired) electrons. The highest BCUT2D eigenvalue weighted by Crippen LogP contribution is 2.23. The van der Waals surface area contributed by atoms with E-state index < -0.39 is 0 Å². The quantitative estimate of drug-likeness (QED) is 0.670. The largest absolute Gasteiger partial charge is 0.346 e. The van der Waals surface area contributed by atoms with Crippen LogP contribution in [-0.2, 0) is 0 Å². The van der Waals surface area contributed by atoms with Gasteiger partial charge in [0, 0.05) is 17.8 Å². The van der Waals surface area contributed by atoms with Gasteiger partial charge in [0.25, 0.3) is 0 Å². The molecule has 0 atom stereocenters. The number of aromatic nitrogens is 2. The molecular weight excluding hydrogens is 174 g/mol. The molecule has 0 fully saturated rings. The van der Waals surface area contributed by atoms with E-state index >= 15 is 0 Å². The number of nitrogens with one attached hydrogen (secondary N) is 1. The number of H-pyrrole nitrogens is 1. The Labute approximate surface area is 73.6 Å². The van der Waals surface area contributed by atoms with Crippen LogP contribution in [0.2, 0.25) is 5.02 Å². The zero-order chi connectivity index (χ0) is 8.55. The number of rotatable bonds is 0. The van der Waals surface area contributed by atoms with E-state index in [1.807, 2.05) is 6.07 Å². The fourth-order valence-corrected chi connectivity index (χ4v) is 1.30. The molecule has 0 unspecified atom stereocenters. The highest BCUT2D eigenvalue weighted by Gasteiger charge is 2.05. The molecule has 0 spiro atoms. The van der Waals surface area contributed by atoms with E-state index in [0.29, 0.717) is 16.2 Å². The molecule has 0 saturated heterocycles. The van der Waals surface area contributed by atoms with Crippen LogP contribution in [0.4, 0.5) is 0 Å². The number of nitriles is 1. The van der Waals surface area contributed by atoms with Gasteiger partial charge in [-0.1, -0.05) is 11.6 Å². The molecule has 0 aromatic carbocycles. The summed E-state index contributed by atoms with van der Waals surface area (Å²) in [6.45, 7) is 0. The summed E-state index contributed by atoms with van der Waals surface area (Å²) in [6, 6.07) is 3.77. The molecule has 1 N–H and O–H groups in total. The Morgan fingerprint density at radius 1 is 1.58 bits per heavy atom. The monoisotopic (exact) mass is 177 g/mol. The molecular formula is C8H4ClN3. The first kappa shape index (κ1) is 7.14. The van der Waals surface area contributed by atoms with Crippen molar-refractivity contribution in [3.63, 3.8) is 0 Å². The van der Waals surface area contributed by atoms with Gasteiger partial charge in [-0.15, -0.1) is 0 Å². The molecule has 2 rings (SSSR count). The first-order valence-corrected chi connectivity index (χ1v) is 3.72. The van der Waals surface area contributed by atoms with Gasteiger partial charge in [-0.25, -0.2) is 4.98 Å². The zero-order valence-electron chi connectivity index (χ0n) is 6.00. The van der Waals surface area contributed by atoms with Crippen molar-refractivity contribution in [3.05, 3.63) is 29.0 Å². The second kappa shape index (κ2) is 2.50. The predicted octanol–water partition coefficient (Wildman–Crippen LogP) is 2.09. The Hall–Kier alpha value is -1.53. The van der Waals surface area contributed by atoms with Gasteiger partial charge >= 0.3 is 0 Å². The van der Waals surface area contributed by atoms with Gasteiger partial charge in [0.05, 0.1) is 10.6 Å². The molecule has 2 heterocycles. The molecule has 2 aromatic heterocycles. The topological polar surface area (TPSA) is 52.5 Å². The van der Waals surface area contributed by atoms with Crippen molar-refractivity contribution in [2.45, 2.75) is 0 Å². The van der Waals surface area contributed by atoms with Crippen LogP contribution in [0.1, 0.15) is 5.56 Å². The lowest BCUT2D eigenvalue weighted by atomic mass is 10.2. The number of hydrogen-bond donors (Lipinski definition) is 1. The van der Waals surface area contributed by atoms with E-state index in [-0.39, 0.29) is 0 Å². The number of pyridine rings is 1. The number of nitrogens with zero attached hydrogens (tertiary/aromatic N) is 2. The van der Waals surface area contributed by atoms with Crippen molar-refractivity contribution >= 4 is 22.6 Å². The van der Waals surface area contributed by atoms with E-state index in [1.54, 1.807) is 12.3 Å². The Bertz CT molecular complexity index is 467. The second-order valence-electron chi connectivity index (χ2n) is 2.34. The van der Waals surface area contributed by atoms with Crippen LogP contribution in [0.3, 0.4) is 0 Å². The minimum absolute atomic E-state index is 0.406. The Balaban J connectivity index is 2.89. The lowest BCUT2D eigenvalue weighted by Crippen LogP contribution is -1.82. The van der Waals surface area contributed by atoms with Gasteiger partial charge in [0.15, 0.2) is 0 Å². The van der Waals surface area contributed by atoms with Crippen molar-refractivity contribution in [1.82, 2.24) is 9.97 Å². The third-order valence-electron chi connectivity index (χ3n) is 1.64. The summed E-state index contributed by atoms with van der Waals surface area (Å²) in [5, 5.41) is 9.88. The zero-order valence-corrected chi connectivity index (χ0v) is 6.76. The van der Waals surface area contributed by atoms with Crippen LogP contribution in [0, 0.1) is 11.3 Å². The van der Waals surface area contributed by atoms with E-state index in [1.165, 1.54) is 6.20 Å². The molecule has 0 aliphatic heterocycles. The molecule has 0 aliphatic carbocycles. The summed E-state index contributed by atoms with van der Waals surface area (Å²) in [5.41, 5.74) is 1.11. The first-order valence-electron chi connectivity index (χ1n) is 3.34. The van der Waals surface area contributed by atoms with Crippen molar-refractivity contribution in [2.24, 2.45) is 0 Å². The van der Waals surface area contributed by atoms with Gasteiger partial charge in [0.2, 0.25) is 0 Å². The summed E-state index contributed by atoms with van der Waals surface area (Å²) in [4.78, 5) is 6.92. The van der Waals surface area contributed by atoms with Crippen molar-refractivity contribution in [1.29, 1.82) is 5.26 Å². The maximum Gasteiger partial charge on any atom is 0.138 e. The molecule has 12 heavy (non-hydrogen) atoms. The van der Waals surface area contributed by atoms with Gasteiger partial charge in [-0.3, -0.25) is 0 Å². The normalized spacial score (nSPS) is 10.0. The SMILES string of the molecule is N#Cc1cnc2[nH]ccc2c1Cl. The van der Waals surface area contributed by atoms with Crippen molar-refractivity contribution in [3.8, 4) is 6.07 Å². The molecule has 4 heteroatoms. The summed E-state index contributed by atoms with van der Waals surface area (Å²) < 4.78 is 0. The van der Waals surface area contributed by atoms with Crippen LogP contribution in [-0.4, -0.2) is 9.97 Å². The average molecular weight is 178 g/mol. The summed E-state index contributed by atoms with van der Waals surface area (Å²) in [6.07, 6.45) is 3.20. The number of aromatic amines is 1. The lowest BCUT2D eigenvalue weighted by Gasteiger charge is -1.94. The third-order valence-corrected chi connectivity index (χ3v) is 2.05. The van der Waals surface area contributed by atoms with Crippen LogP contribution >= 0.6 is 11.6 Å². The summed E-state index contributed by atoms with van der Waals surface area (Å²) in [7, 11) is 0. The van der Waals surface area contributed by atoms with Crippen molar-refractivity contribution in [2.75, 3.05) is 0 Å². The highest BCUT2D eigenvalue weighted by molar-refractivity contribution is 6.36. The van der Waals surface area contributed by atoms with Gasteiger partial charge < -0.3 is 4.98 Å². The fourth-order valence-electron chi connectivity index (χ4n) is 1.05. The first-order chi connectivity index (χ1) is 5.83. The van der Waals surface area contributed by atoms with Gasteiger partial charge in [-0.05, 0) is 6.07 Å².